The van der Waals surface area contributed by atoms with Gasteiger partial charge in [-0.2, -0.15) is 0 Å². The molecule has 1 fully saturated rings. The van der Waals surface area contributed by atoms with Gasteiger partial charge in [-0.25, -0.2) is 16.8 Å². The second-order valence-electron chi connectivity index (χ2n) is 8.20. The molecule has 0 amide bonds. The first-order valence-corrected chi connectivity index (χ1v) is 14.0. The summed E-state index contributed by atoms with van der Waals surface area (Å²) in [6.07, 6.45) is 0.805. The fraction of sp³-hybridized carbons (Fsp3) is 0.455. The minimum absolute atomic E-state index is 0.0623. The van der Waals surface area contributed by atoms with Gasteiger partial charge in [-0.05, 0) is 55.9 Å². The van der Waals surface area contributed by atoms with Crippen LogP contribution in [0.25, 0.3) is 0 Å². The van der Waals surface area contributed by atoms with E-state index in [9.17, 15) is 16.8 Å². The number of hydrogen-bond acceptors (Lipinski definition) is 6. The lowest BCUT2D eigenvalue weighted by molar-refractivity contribution is 0.282. The van der Waals surface area contributed by atoms with Crippen molar-refractivity contribution in [2.75, 3.05) is 32.1 Å². The molecule has 2 aromatic carbocycles. The molecule has 170 valence electrons. The summed E-state index contributed by atoms with van der Waals surface area (Å²) in [6, 6.07) is 13.4. The summed E-state index contributed by atoms with van der Waals surface area (Å²) in [5, 5.41) is 2.87. The van der Waals surface area contributed by atoms with E-state index < -0.39 is 31.0 Å². The van der Waals surface area contributed by atoms with Crippen molar-refractivity contribution in [1.29, 1.82) is 0 Å². The first-order chi connectivity index (χ1) is 14.5. The summed E-state index contributed by atoms with van der Waals surface area (Å²) in [5.74, 6) is -0.555. The Morgan fingerprint density at radius 2 is 1.68 bits per heavy atom. The maximum absolute atomic E-state index is 13.3. The second-order valence-corrected chi connectivity index (χ2v) is 13.0. The van der Waals surface area contributed by atoms with E-state index in [4.69, 9.17) is 11.6 Å². The molecule has 3 rings (SSSR count). The number of benzene rings is 2. The lowest BCUT2D eigenvalue weighted by Crippen LogP contribution is -2.46. The summed E-state index contributed by atoms with van der Waals surface area (Å²) in [4.78, 5) is 2.17. The molecule has 1 N–H and O–H groups in total. The first-order valence-electron chi connectivity index (χ1n) is 10.2. The summed E-state index contributed by atoms with van der Waals surface area (Å²) < 4.78 is 51.4. The molecule has 1 aliphatic heterocycles. The molecule has 1 saturated heterocycles. The molecule has 2 aromatic rings. The molecular formula is C22H29ClN2O4S2. The van der Waals surface area contributed by atoms with Gasteiger partial charge in [-0.15, -0.1) is 0 Å². The molecule has 0 spiro atoms. The number of nitrogens with one attached hydrogen (secondary N) is 1. The van der Waals surface area contributed by atoms with Gasteiger partial charge in [0.05, 0.1) is 21.7 Å². The van der Waals surface area contributed by atoms with Crippen molar-refractivity contribution in [3.8, 4) is 0 Å². The Kier molecular flexibility index (Phi) is 7.48. The number of nitrogens with zero attached hydrogens (tertiary/aromatic N) is 1. The lowest BCUT2D eigenvalue weighted by Gasteiger charge is -2.28. The zero-order chi connectivity index (χ0) is 22.8. The Hall–Kier alpha value is -1.45. The van der Waals surface area contributed by atoms with E-state index in [0.29, 0.717) is 11.6 Å². The van der Waals surface area contributed by atoms with Crippen molar-refractivity contribution < 1.29 is 16.8 Å². The normalized spacial score (nSPS) is 22.0. The highest BCUT2D eigenvalue weighted by molar-refractivity contribution is 7.96. The maximum atomic E-state index is 13.3. The number of aryl methyl sites for hydroxylation is 1. The number of hydrogen-bond donors (Lipinski definition) is 1. The maximum Gasteiger partial charge on any atom is 0.183 e. The van der Waals surface area contributed by atoms with Crippen LogP contribution in [0.1, 0.15) is 24.1 Å². The molecule has 1 aliphatic rings. The average Bonchev–Trinajstić information content (AvgIpc) is 3.04. The average molecular weight is 485 g/mol. The Labute approximate surface area is 190 Å². The van der Waals surface area contributed by atoms with Gasteiger partial charge in [0.25, 0.3) is 0 Å². The summed E-state index contributed by atoms with van der Waals surface area (Å²) in [5.41, 5.74) is 2.04. The zero-order valence-electron chi connectivity index (χ0n) is 18.0. The predicted octanol–water partition coefficient (Wildman–Crippen LogP) is 2.73. The van der Waals surface area contributed by atoms with E-state index in [1.165, 1.54) is 0 Å². The Balaban J connectivity index is 1.83. The second kappa shape index (κ2) is 9.58. The number of rotatable bonds is 8. The van der Waals surface area contributed by atoms with Gasteiger partial charge in [-0.1, -0.05) is 42.8 Å². The zero-order valence-corrected chi connectivity index (χ0v) is 20.3. The van der Waals surface area contributed by atoms with E-state index in [2.05, 4.69) is 5.32 Å². The highest BCUT2D eigenvalue weighted by atomic mass is 35.5. The molecule has 6 nitrogen and oxygen atoms in total. The molecule has 0 bridgehead atoms. The SMILES string of the molecule is CCc1ccc(S(=O)(=O)[C@H]2CS(=O)(=O)C[C@@H]2NCC(c2ccc(Cl)cc2)N(C)C)cc1. The molecule has 0 saturated carbocycles. The van der Waals surface area contributed by atoms with Crippen molar-refractivity contribution >= 4 is 31.3 Å². The van der Waals surface area contributed by atoms with Crippen LogP contribution in [0.4, 0.5) is 0 Å². The largest absolute Gasteiger partial charge is 0.310 e. The van der Waals surface area contributed by atoms with E-state index in [0.717, 1.165) is 17.5 Å². The summed E-state index contributed by atoms with van der Waals surface area (Å²) >= 11 is 5.99. The van der Waals surface area contributed by atoms with Gasteiger partial charge in [-0.3, -0.25) is 0 Å². The minimum Gasteiger partial charge on any atom is -0.310 e. The Bertz CT molecular complexity index is 1100. The molecule has 1 unspecified atom stereocenters. The van der Waals surface area contributed by atoms with Crippen molar-refractivity contribution in [2.24, 2.45) is 0 Å². The van der Waals surface area contributed by atoms with E-state index in [1.54, 1.807) is 36.4 Å². The highest BCUT2D eigenvalue weighted by Gasteiger charge is 2.45. The van der Waals surface area contributed by atoms with Gasteiger partial charge in [0.2, 0.25) is 0 Å². The van der Waals surface area contributed by atoms with Crippen LogP contribution in [-0.2, 0) is 26.1 Å². The van der Waals surface area contributed by atoms with E-state index in [-0.39, 0.29) is 22.4 Å². The lowest BCUT2D eigenvalue weighted by atomic mass is 10.1. The third-order valence-corrected chi connectivity index (χ3v) is 10.2. The van der Waals surface area contributed by atoms with Crippen LogP contribution >= 0.6 is 11.6 Å². The quantitative estimate of drug-likeness (QED) is 0.620. The molecule has 1 heterocycles. The third kappa shape index (κ3) is 5.68. The van der Waals surface area contributed by atoms with Crippen LogP contribution in [0.3, 0.4) is 0 Å². The predicted molar refractivity (Wildman–Crippen MR) is 125 cm³/mol. The third-order valence-electron chi connectivity index (χ3n) is 5.81. The Morgan fingerprint density at radius 1 is 1.06 bits per heavy atom. The van der Waals surface area contributed by atoms with Crippen molar-refractivity contribution in [3.05, 3.63) is 64.7 Å². The molecule has 9 heteroatoms. The number of halogens is 1. The van der Waals surface area contributed by atoms with Gasteiger partial charge in [0.1, 0.15) is 0 Å². The van der Waals surface area contributed by atoms with Gasteiger partial charge in [0.15, 0.2) is 19.7 Å². The van der Waals surface area contributed by atoms with Crippen LogP contribution in [0, 0.1) is 0 Å². The first kappa shape index (κ1) is 24.2. The van der Waals surface area contributed by atoms with Gasteiger partial charge >= 0.3 is 0 Å². The highest BCUT2D eigenvalue weighted by Crippen LogP contribution is 2.27. The summed E-state index contributed by atoms with van der Waals surface area (Å²) in [7, 11) is -3.40. The fourth-order valence-corrected chi connectivity index (χ4v) is 8.79. The van der Waals surface area contributed by atoms with Crippen LogP contribution < -0.4 is 5.32 Å². The Morgan fingerprint density at radius 3 is 2.23 bits per heavy atom. The monoisotopic (exact) mass is 484 g/mol. The molecule has 0 aromatic heterocycles. The minimum atomic E-state index is -3.80. The van der Waals surface area contributed by atoms with Crippen molar-refractivity contribution in [1.82, 2.24) is 10.2 Å². The molecule has 3 atom stereocenters. The molecule has 31 heavy (non-hydrogen) atoms. The van der Waals surface area contributed by atoms with Crippen LogP contribution in [0.5, 0.6) is 0 Å². The van der Waals surface area contributed by atoms with Crippen LogP contribution in [0.15, 0.2) is 53.4 Å². The van der Waals surface area contributed by atoms with Crippen LogP contribution in [-0.4, -0.2) is 65.2 Å². The molecule has 0 aliphatic carbocycles. The summed E-state index contributed by atoms with van der Waals surface area (Å²) in [6.45, 7) is 2.41. The van der Waals surface area contributed by atoms with Crippen molar-refractivity contribution in [3.63, 3.8) is 0 Å². The van der Waals surface area contributed by atoms with E-state index in [1.807, 2.05) is 38.1 Å². The van der Waals surface area contributed by atoms with Crippen molar-refractivity contribution in [2.45, 2.75) is 35.6 Å². The molecule has 0 radical (unpaired) electrons. The standard InChI is InChI=1S/C22H29ClN2O4S2/c1-4-16-5-11-19(12-6-16)31(28,29)22-15-30(26,27)14-20(22)24-13-21(25(2)3)17-7-9-18(23)10-8-17/h5-12,20-22,24H,4,13-15H2,1-3H3/t20-,21?,22-/m0/s1. The van der Waals surface area contributed by atoms with Gasteiger partial charge in [0, 0.05) is 23.7 Å². The number of sulfone groups is 2. The number of likely N-dealkylation sites (N-methyl/N-ethyl adjacent to an activating group) is 1. The molecular weight excluding hydrogens is 456 g/mol. The smallest absolute Gasteiger partial charge is 0.183 e. The van der Waals surface area contributed by atoms with E-state index >= 15 is 0 Å². The topological polar surface area (TPSA) is 83.5 Å². The fourth-order valence-electron chi connectivity index (χ4n) is 3.95. The van der Waals surface area contributed by atoms with Crippen LogP contribution in [0.2, 0.25) is 5.02 Å². The van der Waals surface area contributed by atoms with Gasteiger partial charge < -0.3 is 10.2 Å².